The average Bonchev–Trinajstić information content (AvgIpc) is 3.31. The van der Waals surface area contributed by atoms with Gasteiger partial charge in [-0.25, -0.2) is 9.97 Å². The summed E-state index contributed by atoms with van der Waals surface area (Å²) in [5, 5.41) is 2.82. The summed E-state index contributed by atoms with van der Waals surface area (Å²) in [6, 6.07) is 25.4. The van der Waals surface area contributed by atoms with Crippen LogP contribution in [0.3, 0.4) is 0 Å². The predicted octanol–water partition coefficient (Wildman–Crippen LogP) is 4.34. The van der Waals surface area contributed by atoms with Gasteiger partial charge in [-0.05, 0) is 29.8 Å². The quantitative estimate of drug-likeness (QED) is 0.513. The summed E-state index contributed by atoms with van der Waals surface area (Å²) >= 11 is 0. The van der Waals surface area contributed by atoms with Crippen LogP contribution in [0, 0.1) is 0 Å². The molecule has 29 heavy (non-hydrogen) atoms. The molecule has 0 spiro atoms. The lowest BCUT2D eigenvalue weighted by Crippen LogP contribution is -2.25. The van der Waals surface area contributed by atoms with Crippen LogP contribution < -0.4 is 10.2 Å². The first-order valence-electron chi connectivity index (χ1n) is 9.29. The van der Waals surface area contributed by atoms with Gasteiger partial charge in [-0.15, -0.1) is 0 Å². The molecular weight excluding hydrogens is 364 g/mol. The molecule has 0 aliphatic carbocycles. The minimum absolute atomic E-state index is 0.280. The molecule has 0 fully saturated rings. The minimum Gasteiger partial charge on any atom is -0.467 e. The van der Waals surface area contributed by atoms with Crippen LogP contribution in [0.1, 0.15) is 21.8 Å². The molecule has 2 aromatic carbocycles. The summed E-state index contributed by atoms with van der Waals surface area (Å²) in [5.74, 6) is 1.05. The zero-order chi connectivity index (χ0) is 19.9. The molecular formula is C23H20N4O2. The highest BCUT2D eigenvalue weighted by Gasteiger charge is 2.15. The van der Waals surface area contributed by atoms with Crippen molar-refractivity contribution in [3.8, 4) is 0 Å². The van der Waals surface area contributed by atoms with Crippen LogP contribution in [0.2, 0.25) is 0 Å². The Morgan fingerprint density at radius 3 is 2.41 bits per heavy atom. The number of hydrogen-bond acceptors (Lipinski definition) is 5. The number of furan rings is 1. The lowest BCUT2D eigenvalue weighted by atomic mass is 10.2. The second-order valence-corrected chi connectivity index (χ2v) is 6.43. The Balaban J connectivity index is 1.59. The second-order valence-electron chi connectivity index (χ2n) is 6.43. The van der Waals surface area contributed by atoms with E-state index in [1.165, 1.54) is 6.33 Å². The third-order valence-corrected chi connectivity index (χ3v) is 4.42. The fourth-order valence-corrected chi connectivity index (χ4v) is 2.97. The van der Waals surface area contributed by atoms with E-state index < -0.39 is 0 Å². The van der Waals surface area contributed by atoms with Crippen LogP contribution in [0.4, 0.5) is 11.5 Å². The van der Waals surface area contributed by atoms with Gasteiger partial charge in [0.25, 0.3) is 5.91 Å². The molecule has 1 amide bonds. The molecule has 0 atom stereocenters. The number of para-hydroxylation sites is 1. The molecule has 0 aliphatic rings. The number of amides is 1. The fraction of sp³-hybridized carbons (Fsp3) is 0.0870. The van der Waals surface area contributed by atoms with E-state index >= 15 is 0 Å². The van der Waals surface area contributed by atoms with Crippen LogP contribution in [-0.4, -0.2) is 15.9 Å². The van der Waals surface area contributed by atoms with Gasteiger partial charge >= 0.3 is 0 Å². The summed E-state index contributed by atoms with van der Waals surface area (Å²) in [6.45, 7) is 0.924. The summed E-state index contributed by atoms with van der Waals surface area (Å²) in [4.78, 5) is 23.2. The number of carbonyl (C=O) groups is 1. The van der Waals surface area contributed by atoms with Crippen molar-refractivity contribution in [2.24, 2.45) is 0 Å². The van der Waals surface area contributed by atoms with Gasteiger partial charge < -0.3 is 14.6 Å². The van der Waals surface area contributed by atoms with E-state index in [0.717, 1.165) is 11.3 Å². The van der Waals surface area contributed by atoms with E-state index in [1.54, 1.807) is 18.4 Å². The third-order valence-electron chi connectivity index (χ3n) is 4.42. The van der Waals surface area contributed by atoms with Gasteiger partial charge in [-0.3, -0.25) is 4.79 Å². The lowest BCUT2D eigenvalue weighted by Gasteiger charge is -2.24. The highest BCUT2D eigenvalue weighted by atomic mass is 16.3. The Labute approximate surface area is 168 Å². The summed E-state index contributed by atoms with van der Waals surface area (Å²) in [5.41, 5.74) is 2.42. The molecule has 2 aromatic heterocycles. The van der Waals surface area contributed by atoms with Crippen molar-refractivity contribution < 1.29 is 9.21 Å². The smallest absolute Gasteiger partial charge is 0.270 e. The Kier molecular flexibility index (Phi) is 5.62. The maximum Gasteiger partial charge on any atom is 0.270 e. The zero-order valence-corrected chi connectivity index (χ0v) is 15.7. The van der Waals surface area contributed by atoms with Gasteiger partial charge in [0.1, 0.15) is 23.6 Å². The standard InChI is InChI=1S/C23H20N4O2/c28-23(24-15-20-12-7-13-29-20)21-14-22(26-17-25-21)27(19-10-5-2-6-11-19)16-18-8-3-1-4-9-18/h1-14,17H,15-16H2,(H,24,28). The first-order valence-corrected chi connectivity index (χ1v) is 9.29. The van der Waals surface area contributed by atoms with E-state index in [-0.39, 0.29) is 5.91 Å². The van der Waals surface area contributed by atoms with Crippen molar-refractivity contribution in [1.29, 1.82) is 0 Å². The minimum atomic E-state index is -0.280. The SMILES string of the molecule is O=C(NCc1ccco1)c1cc(N(Cc2ccccc2)c2ccccc2)ncn1. The van der Waals surface area contributed by atoms with Gasteiger partial charge in [-0.1, -0.05) is 48.5 Å². The van der Waals surface area contributed by atoms with E-state index in [0.29, 0.717) is 30.4 Å². The number of hydrogen-bond donors (Lipinski definition) is 1. The van der Waals surface area contributed by atoms with Crippen LogP contribution in [0.5, 0.6) is 0 Å². The molecule has 6 heteroatoms. The molecule has 1 N–H and O–H groups in total. The molecule has 2 heterocycles. The number of nitrogens with zero attached hydrogens (tertiary/aromatic N) is 3. The van der Waals surface area contributed by atoms with Crippen molar-refractivity contribution in [1.82, 2.24) is 15.3 Å². The molecule has 0 saturated carbocycles. The number of aromatic nitrogens is 2. The van der Waals surface area contributed by atoms with Crippen molar-refractivity contribution >= 4 is 17.4 Å². The Morgan fingerprint density at radius 2 is 1.69 bits per heavy atom. The van der Waals surface area contributed by atoms with Gasteiger partial charge in [0.05, 0.1) is 12.8 Å². The largest absolute Gasteiger partial charge is 0.467 e. The molecule has 144 valence electrons. The molecule has 0 unspecified atom stereocenters. The molecule has 0 bridgehead atoms. The van der Waals surface area contributed by atoms with Crippen LogP contribution in [-0.2, 0) is 13.1 Å². The van der Waals surface area contributed by atoms with Crippen LogP contribution >= 0.6 is 0 Å². The van der Waals surface area contributed by atoms with Crippen LogP contribution in [0.25, 0.3) is 0 Å². The van der Waals surface area contributed by atoms with Gasteiger partial charge in [0.15, 0.2) is 0 Å². The summed E-state index contributed by atoms with van der Waals surface area (Å²) < 4.78 is 5.25. The van der Waals surface area contributed by atoms with E-state index in [2.05, 4.69) is 32.3 Å². The number of rotatable bonds is 7. The van der Waals surface area contributed by atoms with Gasteiger partial charge in [0.2, 0.25) is 0 Å². The number of nitrogens with one attached hydrogen (secondary N) is 1. The second kappa shape index (κ2) is 8.84. The molecule has 6 nitrogen and oxygen atoms in total. The van der Waals surface area contributed by atoms with Gasteiger partial charge in [-0.2, -0.15) is 0 Å². The number of carbonyl (C=O) groups excluding carboxylic acids is 1. The van der Waals surface area contributed by atoms with Crippen molar-refractivity contribution in [3.05, 3.63) is 108 Å². The molecule has 4 aromatic rings. The van der Waals surface area contributed by atoms with Crippen molar-refractivity contribution in [3.63, 3.8) is 0 Å². The highest BCUT2D eigenvalue weighted by Crippen LogP contribution is 2.25. The molecule has 0 saturated heterocycles. The monoisotopic (exact) mass is 384 g/mol. The normalized spacial score (nSPS) is 10.5. The average molecular weight is 384 g/mol. The Hall–Kier alpha value is -3.93. The third kappa shape index (κ3) is 4.68. The van der Waals surface area contributed by atoms with Crippen LogP contribution in [0.15, 0.2) is 95.9 Å². The van der Waals surface area contributed by atoms with E-state index in [4.69, 9.17) is 4.42 Å². The lowest BCUT2D eigenvalue weighted by molar-refractivity contribution is 0.0943. The summed E-state index contributed by atoms with van der Waals surface area (Å²) in [7, 11) is 0. The topological polar surface area (TPSA) is 71.3 Å². The fourth-order valence-electron chi connectivity index (χ4n) is 2.97. The summed E-state index contributed by atoms with van der Waals surface area (Å²) in [6.07, 6.45) is 2.99. The first kappa shape index (κ1) is 18.4. The number of benzene rings is 2. The van der Waals surface area contributed by atoms with Crippen molar-refractivity contribution in [2.45, 2.75) is 13.1 Å². The predicted molar refractivity (Wildman–Crippen MR) is 111 cm³/mol. The maximum absolute atomic E-state index is 12.5. The first-order chi connectivity index (χ1) is 14.3. The zero-order valence-electron chi connectivity index (χ0n) is 15.7. The maximum atomic E-state index is 12.5. The Bertz CT molecular complexity index is 1050. The highest BCUT2D eigenvalue weighted by molar-refractivity contribution is 5.93. The van der Waals surface area contributed by atoms with Crippen molar-refractivity contribution in [2.75, 3.05) is 4.90 Å². The Morgan fingerprint density at radius 1 is 0.931 bits per heavy atom. The van der Waals surface area contributed by atoms with E-state index in [9.17, 15) is 4.79 Å². The molecule has 4 rings (SSSR count). The number of anilines is 2. The molecule has 0 aliphatic heterocycles. The van der Waals surface area contributed by atoms with E-state index in [1.807, 2.05) is 54.6 Å². The van der Waals surface area contributed by atoms with Gasteiger partial charge in [0, 0.05) is 18.3 Å². The molecule has 0 radical (unpaired) electrons.